The van der Waals surface area contributed by atoms with Gasteiger partial charge < -0.3 is 44.2 Å². The Hall–Kier alpha value is -5.34. The Bertz CT molecular complexity index is 3090. The molecule has 8 rings (SSSR count). The van der Waals surface area contributed by atoms with Crippen LogP contribution in [0.1, 0.15) is 34.6 Å². The highest BCUT2D eigenvalue weighted by atomic mass is 35.5. The number of nitrogens with one attached hydrogen (secondary N) is 1. The molecule has 6 aromatic heterocycles. The number of rotatable bonds is 19. The van der Waals surface area contributed by atoms with Gasteiger partial charge in [0, 0.05) is 78.1 Å². The molecule has 24 heteroatoms. The lowest BCUT2D eigenvalue weighted by molar-refractivity contribution is 0.0695. The Balaban J connectivity index is 0.000000239. The van der Waals surface area contributed by atoms with E-state index in [1.165, 1.54) is 6.20 Å². The number of aromatic carboxylic acids is 1. The number of nitrogens with zero attached hydrogens (tertiary/aromatic N) is 10. The summed E-state index contributed by atoms with van der Waals surface area (Å²) < 4.78 is 28.7. The van der Waals surface area contributed by atoms with E-state index in [0.29, 0.717) is 82.7 Å². The van der Waals surface area contributed by atoms with Crippen LogP contribution >= 0.6 is 35.6 Å². The average molecular weight is 1080 g/mol. The maximum atomic E-state index is 13.1. The van der Waals surface area contributed by atoms with Crippen LogP contribution in [0.3, 0.4) is 0 Å². The van der Waals surface area contributed by atoms with E-state index in [1.54, 1.807) is 78.9 Å². The molecular formula is C48H65Cl3N12O7Si2. The van der Waals surface area contributed by atoms with Gasteiger partial charge in [-0.2, -0.15) is 0 Å². The monoisotopic (exact) mass is 1080 g/mol. The van der Waals surface area contributed by atoms with E-state index in [9.17, 15) is 14.7 Å². The number of carboxylic acid groups (broad SMARTS) is 1. The standard InChI is InChI=1S/C24H31ClN6O3Si.C20H22ClN5O3Si.C4H11NO.ClH/c1-16(13-33-2)28-24(32)18-12-30(15-34-8-9-35(3,4)5)23-22(18)29-21(11-26-23)31-14-27-19-10-17(25)6-7-20(19)31;1-30(2,3)7-6-29-12-25-10-14(20(27)28)18-19(25)22-9-17(24-18)26-11-23-15-8-13(21)4-5-16(15)26;1-4(5)3-6-2;/h6-7,10-12,14,16H,8-9,13,15H2,1-5H3,(H,28,32);4-5,8-11H,6-7,12H2,1-3H3,(H,27,28);4H,3,5H2,1-2H3;1H/t16-;;4-;/m0.0./s1. The Labute approximate surface area is 436 Å². The molecule has 2 atom stereocenters. The van der Waals surface area contributed by atoms with Crippen LogP contribution in [-0.2, 0) is 32.4 Å². The number of ether oxygens (including phenoxy) is 4. The highest BCUT2D eigenvalue weighted by Gasteiger charge is 2.22. The number of carboxylic acids is 1. The summed E-state index contributed by atoms with van der Waals surface area (Å²) in [6.45, 7) is 20.5. The van der Waals surface area contributed by atoms with E-state index in [4.69, 9.17) is 48.1 Å². The van der Waals surface area contributed by atoms with Crippen LogP contribution in [0.15, 0.2) is 73.8 Å². The number of halogens is 3. The zero-order valence-electron chi connectivity index (χ0n) is 42.4. The first kappa shape index (κ1) is 57.6. The molecular weight excluding hydrogens is 1020 g/mol. The highest BCUT2D eigenvalue weighted by Crippen LogP contribution is 2.26. The summed E-state index contributed by atoms with van der Waals surface area (Å²) >= 11 is 12.1. The van der Waals surface area contributed by atoms with Gasteiger partial charge in [0.1, 0.15) is 42.7 Å². The smallest absolute Gasteiger partial charge is 0.339 e. The summed E-state index contributed by atoms with van der Waals surface area (Å²) in [7, 11) is 0.839. The molecule has 388 valence electrons. The summed E-state index contributed by atoms with van der Waals surface area (Å²) in [6.07, 6.45) is 9.84. The fourth-order valence-corrected chi connectivity index (χ4v) is 8.96. The first-order valence-electron chi connectivity index (χ1n) is 23.1. The van der Waals surface area contributed by atoms with Gasteiger partial charge in [-0.15, -0.1) is 12.4 Å². The van der Waals surface area contributed by atoms with Gasteiger partial charge in [-0.3, -0.25) is 13.9 Å². The predicted molar refractivity (Wildman–Crippen MR) is 291 cm³/mol. The Morgan fingerprint density at radius 2 is 1.15 bits per heavy atom. The molecule has 19 nitrogen and oxygen atoms in total. The molecule has 0 aliphatic carbocycles. The molecule has 8 aromatic rings. The Kier molecular flexibility index (Phi) is 20.4. The molecule has 0 saturated carbocycles. The number of methoxy groups -OCH3 is 2. The van der Waals surface area contributed by atoms with Gasteiger partial charge in [0.2, 0.25) is 0 Å². The number of carbonyl (C=O) groups excluding carboxylic acids is 1. The second-order valence-electron chi connectivity index (χ2n) is 19.6. The van der Waals surface area contributed by atoms with E-state index in [1.807, 2.05) is 35.1 Å². The van der Waals surface area contributed by atoms with Crippen LogP contribution in [0.25, 0.3) is 56.0 Å². The van der Waals surface area contributed by atoms with Gasteiger partial charge in [0.25, 0.3) is 5.91 Å². The second-order valence-corrected chi connectivity index (χ2v) is 31.7. The quantitative estimate of drug-likeness (QED) is 0.0507. The highest BCUT2D eigenvalue weighted by molar-refractivity contribution is 6.76. The normalized spacial score (nSPS) is 12.6. The van der Waals surface area contributed by atoms with E-state index >= 15 is 0 Å². The van der Waals surface area contributed by atoms with E-state index in [0.717, 1.165) is 34.2 Å². The van der Waals surface area contributed by atoms with Crippen molar-refractivity contribution in [1.29, 1.82) is 0 Å². The Morgan fingerprint density at radius 1 is 0.708 bits per heavy atom. The summed E-state index contributed by atoms with van der Waals surface area (Å²) in [5.74, 6) is -0.269. The molecule has 2 aromatic carbocycles. The van der Waals surface area contributed by atoms with Crippen LogP contribution in [0.2, 0.25) is 61.4 Å². The molecule has 6 heterocycles. The van der Waals surface area contributed by atoms with Crippen LogP contribution in [0, 0.1) is 0 Å². The van der Waals surface area contributed by atoms with Crippen molar-refractivity contribution in [3.05, 3.63) is 95.0 Å². The lowest BCUT2D eigenvalue weighted by Crippen LogP contribution is -2.35. The molecule has 0 radical (unpaired) electrons. The van der Waals surface area contributed by atoms with Crippen molar-refractivity contribution in [2.24, 2.45) is 5.73 Å². The van der Waals surface area contributed by atoms with E-state index in [-0.39, 0.29) is 42.7 Å². The van der Waals surface area contributed by atoms with Gasteiger partial charge >= 0.3 is 5.97 Å². The maximum absolute atomic E-state index is 13.1. The van der Waals surface area contributed by atoms with Crippen LogP contribution < -0.4 is 11.1 Å². The second kappa shape index (κ2) is 25.6. The molecule has 0 fully saturated rings. The molecule has 0 bridgehead atoms. The van der Waals surface area contributed by atoms with Crippen molar-refractivity contribution < 1.29 is 33.6 Å². The molecule has 1 amide bonds. The average Bonchev–Trinajstić information content (AvgIpc) is 4.09. The largest absolute Gasteiger partial charge is 0.478 e. The van der Waals surface area contributed by atoms with Crippen molar-refractivity contribution >= 4 is 108 Å². The fraction of sp³-hybridized carbons (Fsp3) is 0.417. The minimum atomic E-state index is -1.21. The molecule has 4 N–H and O–H groups in total. The molecule has 0 aliphatic heterocycles. The number of hydrogen-bond acceptors (Lipinski definition) is 13. The number of hydrogen-bond donors (Lipinski definition) is 3. The third kappa shape index (κ3) is 15.4. The van der Waals surface area contributed by atoms with Gasteiger partial charge in [-0.25, -0.2) is 34.7 Å². The van der Waals surface area contributed by atoms with Crippen LogP contribution in [0.5, 0.6) is 0 Å². The number of amides is 1. The zero-order chi connectivity index (χ0) is 51.6. The minimum Gasteiger partial charge on any atom is -0.478 e. The van der Waals surface area contributed by atoms with Gasteiger partial charge in [0.05, 0.1) is 53.2 Å². The van der Waals surface area contributed by atoms with Crippen molar-refractivity contribution in [2.75, 3.05) is 40.6 Å². The van der Waals surface area contributed by atoms with Crippen molar-refractivity contribution in [3.8, 4) is 11.6 Å². The summed E-state index contributed by atoms with van der Waals surface area (Å²) in [6, 6.07) is 13.0. The predicted octanol–water partition coefficient (Wildman–Crippen LogP) is 9.34. The number of carbonyl (C=O) groups is 2. The number of imidazole rings is 2. The van der Waals surface area contributed by atoms with E-state index in [2.05, 4.69) is 74.3 Å². The summed E-state index contributed by atoms with van der Waals surface area (Å²) in [4.78, 5) is 52.2. The number of fused-ring (bicyclic) bond motifs is 4. The maximum Gasteiger partial charge on any atom is 0.339 e. The summed E-state index contributed by atoms with van der Waals surface area (Å²) in [5, 5.41) is 13.8. The minimum absolute atomic E-state index is 0. The number of benzene rings is 2. The topological polar surface area (TPSA) is 226 Å². The van der Waals surface area contributed by atoms with Crippen LogP contribution in [0.4, 0.5) is 0 Å². The lowest BCUT2D eigenvalue weighted by Gasteiger charge is -2.15. The lowest BCUT2D eigenvalue weighted by atomic mass is 10.2. The molecule has 0 spiro atoms. The van der Waals surface area contributed by atoms with Crippen molar-refractivity contribution in [1.82, 2.24) is 53.5 Å². The molecule has 0 saturated heterocycles. The fourth-order valence-electron chi connectivity index (χ4n) is 7.11. The number of aromatic nitrogens is 10. The third-order valence-corrected chi connectivity index (χ3v) is 14.6. The Morgan fingerprint density at radius 3 is 1.56 bits per heavy atom. The first-order chi connectivity index (χ1) is 33.7. The van der Waals surface area contributed by atoms with Crippen molar-refractivity contribution in [3.63, 3.8) is 0 Å². The van der Waals surface area contributed by atoms with E-state index < -0.39 is 22.1 Å². The number of nitrogens with two attached hydrogens (primary N) is 1. The first-order valence-corrected chi connectivity index (χ1v) is 31.2. The third-order valence-electron chi connectivity index (χ3n) is 10.8. The molecule has 72 heavy (non-hydrogen) atoms. The van der Waals surface area contributed by atoms with Gasteiger partial charge in [0.15, 0.2) is 22.9 Å². The SMILES string of the molecule is COC[C@H](C)N.COC[C@H](C)NC(=O)c1cn(COCC[Si](C)(C)C)c2ncc(-n3cnc4cc(Cl)ccc43)nc12.C[Si](C)(C)CCOCn1cc(C(=O)O)c2nc(-n3cnc4cc(Cl)ccc43)cnc21.Cl. The van der Waals surface area contributed by atoms with Gasteiger partial charge in [-0.1, -0.05) is 62.5 Å². The van der Waals surface area contributed by atoms with Crippen molar-refractivity contribution in [2.45, 2.75) is 90.8 Å². The summed E-state index contributed by atoms with van der Waals surface area (Å²) in [5.41, 5.74) is 10.8. The molecule has 0 unspecified atom stereocenters. The van der Waals surface area contributed by atoms with Gasteiger partial charge in [-0.05, 0) is 62.3 Å². The molecule has 0 aliphatic rings. The zero-order valence-corrected chi connectivity index (χ0v) is 46.7. The van der Waals surface area contributed by atoms with Crippen LogP contribution in [-0.4, -0.2) is 134 Å².